The van der Waals surface area contributed by atoms with E-state index in [-0.39, 0.29) is 12.3 Å². The summed E-state index contributed by atoms with van der Waals surface area (Å²) in [6.07, 6.45) is -0.0884. The van der Waals surface area contributed by atoms with Crippen molar-refractivity contribution in [2.75, 3.05) is 0 Å². The van der Waals surface area contributed by atoms with Crippen molar-refractivity contribution in [2.45, 2.75) is 26.3 Å². The Morgan fingerprint density at radius 2 is 2.33 bits per heavy atom. The van der Waals surface area contributed by atoms with Crippen LogP contribution in [0.4, 0.5) is 0 Å². The maximum absolute atomic E-state index is 11.5. The molecule has 82 valence electrons. The lowest BCUT2D eigenvalue weighted by atomic mass is 10.2. The summed E-state index contributed by atoms with van der Waals surface area (Å²) in [5.74, 6) is -1.26. The van der Waals surface area contributed by atoms with E-state index >= 15 is 0 Å². The zero-order valence-corrected chi connectivity index (χ0v) is 9.30. The van der Waals surface area contributed by atoms with Crippen LogP contribution in [0.15, 0.2) is 5.38 Å². The lowest BCUT2D eigenvalue weighted by molar-refractivity contribution is -0.137. The van der Waals surface area contributed by atoms with Gasteiger partial charge in [0.05, 0.1) is 11.4 Å². The molecule has 1 amide bonds. The van der Waals surface area contributed by atoms with Crippen LogP contribution in [0.2, 0.25) is 0 Å². The molecule has 0 saturated heterocycles. The van der Waals surface area contributed by atoms with Crippen molar-refractivity contribution in [1.29, 1.82) is 0 Å². The molecule has 1 aromatic rings. The number of carboxylic acids is 1. The molecule has 0 aliphatic carbocycles. The molecule has 0 spiro atoms. The van der Waals surface area contributed by atoms with Gasteiger partial charge in [0.1, 0.15) is 5.69 Å². The molecule has 15 heavy (non-hydrogen) atoms. The molecule has 0 bridgehead atoms. The zero-order valence-electron chi connectivity index (χ0n) is 8.48. The van der Waals surface area contributed by atoms with Gasteiger partial charge in [0, 0.05) is 11.4 Å². The largest absolute Gasteiger partial charge is 0.481 e. The zero-order chi connectivity index (χ0) is 11.4. The van der Waals surface area contributed by atoms with Crippen LogP contribution >= 0.6 is 11.3 Å². The Labute approximate surface area is 91.1 Å². The van der Waals surface area contributed by atoms with Crippen LogP contribution in [0.5, 0.6) is 0 Å². The SMILES string of the molecule is Cc1nc(C(=O)NC(C)CC(=O)O)cs1. The van der Waals surface area contributed by atoms with Crippen molar-refractivity contribution in [1.82, 2.24) is 10.3 Å². The Morgan fingerprint density at radius 1 is 1.67 bits per heavy atom. The number of carboxylic acid groups (broad SMARTS) is 1. The second-order valence-corrected chi connectivity index (χ2v) is 4.29. The minimum Gasteiger partial charge on any atom is -0.481 e. The maximum atomic E-state index is 11.5. The molecule has 1 heterocycles. The molecular weight excluding hydrogens is 216 g/mol. The van der Waals surface area contributed by atoms with E-state index in [1.807, 2.05) is 6.92 Å². The van der Waals surface area contributed by atoms with E-state index < -0.39 is 12.0 Å². The predicted octanol–water partition coefficient (Wildman–Crippen LogP) is 1.04. The molecular formula is C9H12N2O3S. The van der Waals surface area contributed by atoms with Gasteiger partial charge >= 0.3 is 5.97 Å². The van der Waals surface area contributed by atoms with E-state index in [9.17, 15) is 9.59 Å². The summed E-state index contributed by atoms with van der Waals surface area (Å²) in [5, 5.41) is 13.5. The highest BCUT2D eigenvalue weighted by molar-refractivity contribution is 7.09. The lowest BCUT2D eigenvalue weighted by Crippen LogP contribution is -2.34. The third kappa shape index (κ3) is 3.67. The van der Waals surface area contributed by atoms with Crippen LogP contribution in [-0.4, -0.2) is 28.0 Å². The Kier molecular flexibility index (Phi) is 3.79. The Morgan fingerprint density at radius 3 is 2.80 bits per heavy atom. The molecule has 0 aliphatic rings. The van der Waals surface area contributed by atoms with Gasteiger partial charge in [-0.1, -0.05) is 0 Å². The Balaban J connectivity index is 2.52. The van der Waals surface area contributed by atoms with Gasteiger partial charge in [-0.3, -0.25) is 9.59 Å². The Hall–Kier alpha value is -1.43. The molecule has 0 saturated carbocycles. The van der Waals surface area contributed by atoms with Crippen molar-refractivity contribution >= 4 is 23.2 Å². The number of carbonyl (C=O) groups excluding carboxylic acids is 1. The van der Waals surface area contributed by atoms with E-state index in [1.165, 1.54) is 11.3 Å². The molecule has 0 radical (unpaired) electrons. The third-order valence-electron chi connectivity index (χ3n) is 1.71. The minimum absolute atomic E-state index is 0.0884. The Bertz CT molecular complexity index is 375. The van der Waals surface area contributed by atoms with Gasteiger partial charge in [-0.25, -0.2) is 4.98 Å². The normalized spacial score (nSPS) is 12.1. The standard InChI is InChI=1S/C9H12N2O3S/c1-5(3-8(12)13)10-9(14)7-4-15-6(2)11-7/h4-5H,3H2,1-2H3,(H,10,14)(H,12,13). The van der Waals surface area contributed by atoms with E-state index in [4.69, 9.17) is 5.11 Å². The number of hydrogen-bond donors (Lipinski definition) is 2. The molecule has 6 heteroatoms. The molecule has 0 fully saturated rings. The first kappa shape index (κ1) is 11.6. The fourth-order valence-electron chi connectivity index (χ4n) is 1.08. The first-order valence-electron chi connectivity index (χ1n) is 4.44. The first-order valence-corrected chi connectivity index (χ1v) is 5.32. The summed E-state index contributed by atoms with van der Waals surface area (Å²) >= 11 is 1.39. The smallest absolute Gasteiger partial charge is 0.305 e. The monoisotopic (exact) mass is 228 g/mol. The van der Waals surface area contributed by atoms with Crippen molar-refractivity contribution < 1.29 is 14.7 Å². The molecule has 1 atom stereocenters. The van der Waals surface area contributed by atoms with E-state index in [0.29, 0.717) is 5.69 Å². The summed E-state index contributed by atoms with van der Waals surface area (Å²) in [6.45, 7) is 3.45. The molecule has 1 unspecified atom stereocenters. The van der Waals surface area contributed by atoms with E-state index in [2.05, 4.69) is 10.3 Å². The fraction of sp³-hybridized carbons (Fsp3) is 0.444. The number of hydrogen-bond acceptors (Lipinski definition) is 4. The van der Waals surface area contributed by atoms with E-state index in [1.54, 1.807) is 12.3 Å². The van der Waals surface area contributed by atoms with Gasteiger partial charge in [-0.2, -0.15) is 0 Å². The topological polar surface area (TPSA) is 79.3 Å². The molecule has 1 aromatic heterocycles. The number of nitrogens with zero attached hydrogens (tertiary/aromatic N) is 1. The average molecular weight is 228 g/mol. The van der Waals surface area contributed by atoms with Crippen molar-refractivity contribution in [2.24, 2.45) is 0 Å². The summed E-state index contributed by atoms with van der Waals surface area (Å²) in [5.41, 5.74) is 0.342. The third-order valence-corrected chi connectivity index (χ3v) is 2.48. The quantitative estimate of drug-likeness (QED) is 0.807. The highest BCUT2D eigenvalue weighted by atomic mass is 32.1. The van der Waals surface area contributed by atoms with Crippen LogP contribution in [0.25, 0.3) is 0 Å². The van der Waals surface area contributed by atoms with Crippen molar-refractivity contribution in [3.05, 3.63) is 16.1 Å². The molecule has 0 aliphatic heterocycles. The van der Waals surface area contributed by atoms with Crippen LogP contribution in [0, 0.1) is 6.92 Å². The van der Waals surface area contributed by atoms with Gasteiger partial charge in [-0.05, 0) is 13.8 Å². The second-order valence-electron chi connectivity index (χ2n) is 3.22. The van der Waals surface area contributed by atoms with Crippen LogP contribution in [0.3, 0.4) is 0 Å². The summed E-state index contributed by atoms with van der Waals surface area (Å²) in [7, 11) is 0. The molecule has 5 nitrogen and oxygen atoms in total. The maximum Gasteiger partial charge on any atom is 0.305 e. The average Bonchev–Trinajstić information content (AvgIpc) is 2.49. The summed E-state index contributed by atoms with van der Waals surface area (Å²) in [4.78, 5) is 25.9. The number of aryl methyl sites for hydroxylation is 1. The molecule has 0 aromatic carbocycles. The number of aliphatic carboxylic acids is 1. The number of rotatable bonds is 4. The predicted molar refractivity (Wildman–Crippen MR) is 56.0 cm³/mol. The minimum atomic E-state index is -0.933. The fourth-order valence-corrected chi connectivity index (χ4v) is 1.67. The van der Waals surface area contributed by atoms with Gasteiger partial charge in [0.15, 0.2) is 0 Å². The number of thiazole rings is 1. The van der Waals surface area contributed by atoms with Crippen LogP contribution in [-0.2, 0) is 4.79 Å². The number of nitrogens with one attached hydrogen (secondary N) is 1. The first-order chi connectivity index (χ1) is 6.99. The van der Waals surface area contributed by atoms with Gasteiger partial charge in [0.2, 0.25) is 0 Å². The summed E-state index contributed by atoms with van der Waals surface area (Å²) < 4.78 is 0. The van der Waals surface area contributed by atoms with Gasteiger partial charge in [-0.15, -0.1) is 11.3 Å². The second kappa shape index (κ2) is 4.88. The number of carbonyl (C=O) groups is 2. The number of aromatic nitrogens is 1. The van der Waals surface area contributed by atoms with Crippen LogP contribution < -0.4 is 5.32 Å². The van der Waals surface area contributed by atoms with Crippen molar-refractivity contribution in [3.63, 3.8) is 0 Å². The molecule has 2 N–H and O–H groups in total. The van der Waals surface area contributed by atoms with Crippen LogP contribution in [0.1, 0.15) is 28.8 Å². The highest BCUT2D eigenvalue weighted by Gasteiger charge is 2.14. The highest BCUT2D eigenvalue weighted by Crippen LogP contribution is 2.07. The number of amides is 1. The van der Waals surface area contributed by atoms with Gasteiger partial charge < -0.3 is 10.4 Å². The van der Waals surface area contributed by atoms with Crippen molar-refractivity contribution in [3.8, 4) is 0 Å². The van der Waals surface area contributed by atoms with Gasteiger partial charge in [0.25, 0.3) is 5.91 Å². The lowest BCUT2D eigenvalue weighted by Gasteiger charge is -2.09. The summed E-state index contributed by atoms with van der Waals surface area (Å²) in [6, 6.07) is -0.392. The van der Waals surface area contributed by atoms with E-state index in [0.717, 1.165) is 5.01 Å². The molecule has 1 rings (SSSR count).